The number of ether oxygens (including phenoxy) is 1. The molecule has 0 aliphatic carbocycles. The molecular weight excluding hydrogens is 358 g/mol. The van der Waals surface area contributed by atoms with Crippen LogP contribution in [0.25, 0.3) is 5.65 Å². The van der Waals surface area contributed by atoms with Gasteiger partial charge in [0.05, 0.1) is 13.2 Å². The molecule has 1 aliphatic rings. The number of fused-ring (bicyclic) bond motifs is 1. The summed E-state index contributed by atoms with van der Waals surface area (Å²) >= 11 is 0.893. The van der Waals surface area contributed by atoms with Crippen LogP contribution in [-0.2, 0) is 4.74 Å². The maximum Gasteiger partial charge on any atom is 0.279 e. The van der Waals surface area contributed by atoms with Crippen LogP contribution in [0.2, 0.25) is 0 Å². The third-order valence-corrected chi connectivity index (χ3v) is 4.40. The van der Waals surface area contributed by atoms with E-state index in [4.69, 9.17) is 4.74 Å². The summed E-state index contributed by atoms with van der Waals surface area (Å²) in [6.45, 7) is 1.91. The predicted molar refractivity (Wildman–Crippen MR) is 89.5 cm³/mol. The Morgan fingerprint density at radius 2 is 1.88 bits per heavy atom. The first-order chi connectivity index (χ1) is 12.7. The topological polar surface area (TPSA) is 115 Å². The number of carbonyl (C=O) groups excluding carboxylic acids is 2. The van der Waals surface area contributed by atoms with E-state index in [1.807, 2.05) is 6.07 Å². The number of benzene rings is 1. The monoisotopic (exact) mass is 371 g/mol. The summed E-state index contributed by atoms with van der Waals surface area (Å²) in [7, 11) is 0. The third-order valence-electron chi connectivity index (χ3n) is 3.80. The molecule has 26 heavy (non-hydrogen) atoms. The highest BCUT2D eigenvalue weighted by Gasteiger charge is 2.25. The molecule has 3 heterocycles. The molecule has 132 valence electrons. The van der Waals surface area contributed by atoms with E-state index in [1.165, 1.54) is 4.52 Å². The Balaban J connectivity index is 1.72. The molecule has 3 aromatic rings. The fraction of sp³-hybridized carbons (Fsp3) is 0.267. The maximum atomic E-state index is 12.6. The quantitative estimate of drug-likeness (QED) is 0.612. The summed E-state index contributed by atoms with van der Waals surface area (Å²) in [5.41, 5.74) is 0.685. The molecule has 1 aliphatic heterocycles. The van der Waals surface area contributed by atoms with Crippen LogP contribution in [-0.4, -0.2) is 67.4 Å². The number of carbonyl (C=O) groups is 2. The first-order valence-corrected chi connectivity index (χ1v) is 8.60. The van der Waals surface area contributed by atoms with Crippen molar-refractivity contribution < 1.29 is 14.3 Å². The summed E-state index contributed by atoms with van der Waals surface area (Å²) in [5, 5.41) is 11.8. The number of hydrogen-bond acceptors (Lipinski definition) is 8. The van der Waals surface area contributed by atoms with Crippen LogP contribution in [0.15, 0.2) is 35.3 Å². The normalized spacial score (nSPS) is 15.4. The minimum atomic E-state index is -0.437. The van der Waals surface area contributed by atoms with E-state index in [9.17, 15) is 9.59 Å². The highest BCUT2D eigenvalue weighted by molar-refractivity contribution is 7.02. The van der Waals surface area contributed by atoms with Gasteiger partial charge in [-0.1, -0.05) is 27.9 Å². The third kappa shape index (κ3) is 3.09. The average Bonchev–Trinajstić information content (AvgIpc) is 3.14. The summed E-state index contributed by atoms with van der Waals surface area (Å²) in [4.78, 5) is 30.8. The van der Waals surface area contributed by atoms with E-state index < -0.39 is 5.91 Å². The van der Waals surface area contributed by atoms with E-state index in [1.54, 1.807) is 29.2 Å². The molecule has 1 fully saturated rings. The van der Waals surface area contributed by atoms with Crippen LogP contribution in [0.3, 0.4) is 0 Å². The lowest BCUT2D eigenvalue weighted by atomic mass is 10.2. The van der Waals surface area contributed by atoms with Crippen LogP contribution >= 0.6 is 11.5 Å². The van der Waals surface area contributed by atoms with Gasteiger partial charge in [-0.25, -0.2) is 0 Å². The van der Waals surface area contributed by atoms with Gasteiger partial charge in [0, 0.05) is 30.2 Å². The smallest absolute Gasteiger partial charge is 0.279 e. The molecule has 1 saturated heterocycles. The largest absolute Gasteiger partial charge is 0.378 e. The Kier molecular flexibility index (Phi) is 4.46. The Morgan fingerprint density at radius 3 is 2.65 bits per heavy atom. The molecule has 0 unspecified atom stereocenters. The molecule has 0 saturated carbocycles. The number of aromatic nitrogens is 5. The standard InChI is InChI=1S/C15H13N7O3S/c23-13(10-4-2-1-3-5-10)16-15-22-12(18-20-26-15)11(17-19-22)14(24)21-6-8-25-9-7-21/h1-5H,6-9H2. The molecule has 2 amide bonds. The molecule has 0 atom stereocenters. The van der Waals surface area contributed by atoms with Crippen molar-refractivity contribution >= 4 is 29.0 Å². The van der Waals surface area contributed by atoms with Gasteiger partial charge in [-0.15, -0.1) is 10.2 Å². The van der Waals surface area contributed by atoms with Gasteiger partial charge in [0.2, 0.25) is 10.4 Å². The van der Waals surface area contributed by atoms with Crippen molar-refractivity contribution in [1.29, 1.82) is 0 Å². The van der Waals surface area contributed by atoms with Crippen LogP contribution in [0.4, 0.5) is 0 Å². The number of morpholine rings is 1. The predicted octanol–water partition coefficient (Wildman–Crippen LogP) is -0.206. The van der Waals surface area contributed by atoms with Gasteiger partial charge in [-0.3, -0.25) is 9.59 Å². The molecule has 0 radical (unpaired) electrons. The van der Waals surface area contributed by atoms with Crippen LogP contribution in [0.1, 0.15) is 20.8 Å². The van der Waals surface area contributed by atoms with Crippen molar-refractivity contribution in [2.24, 2.45) is 4.99 Å². The van der Waals surface area contributed by atoms with Crippen molar-refractivity contribution in [2.75, 3.05) is 26.3 Å². The van der Waals surface area contributed by atoms with Crippen LogP contribution in [0, 0.1) is 0 Å². The number of nitrogens with zero attached hydrogens (tertiary/aromatic N) is 7. The molecule has 2 aromatic heterocycles. The zero-order valence-electron chi connectivity index (χ0n) is 13.5. The van der Waals surface area contributed by atoms with Gasteiger partial charge < -0.3 is 9.64 Å². The lowest BCUT2D eigenvalue weighted by Gasteiger charge is -2.25. The van der Waals surface area contributed by atoms with Gasteiger partial charge in [0.1, 0.15) is 0 Å². The molecule has 0 N–H and O–H groups in total. The molecular formula is C15H13N7O3S. The second-order valence-corrected chi connectivity index (χ2v) is 6.13. The van der Waals surface area contributed by atoms with Crippen LogP contribution in [0.5, 0.6) is 0 Å². The lowest BCUT2D eigenvalue weighted by Crippen LogP contribution is -2.41. The lowest BCUT2D eigenvalue weighted by molar-refractivity contribution is 0.0300. The highest BCUT2D eigenvalue weighted by atomic mass is 32.1. The van der Waals surface area contributed by atoms with Crippen molar-refractivity contribution in [3.63, 3.8) is 0 Å². The molecule has 4 rings (SSSR count). The SMILES string of the molecule is O=C(N=c1snnc2c(C(=O)N3CCOCC3)nnn12)c1ccccc1. The van der Waals surface area contributed by atoms with Gasteiger partial charge in [-0.2, -0.15) is 9.51 Å². The van der Waals surface area contributed by atoms with Crippen molar-refractivity contribution in [2.45, 2.75) is 0 Å². The average molecular weight is 371 g/mol. The Labute approximate surface area is 150 Å². The second-order valence-electron chi connectivity index (χ2n) is 5.42. The minimum absolute atomic E-state index is 0.0795. The van der Waals surface area contributed by atoms with E-state index in [-0.39, 0.29) is 22.0 Å². The summed E-state index contributed by atoms with van der Waals surface area (Å²) in [6, 6.07) is 8.64. The van der Waals surface area contributed by atoms with Gasteiger partial charge in [-0.05, 0) is 12.1 Å². The fourth-order valence-electron chi connectivity index (χ4n) is 2.48. The van der Waals surface area contributed by atoms with Gasteiger partial charge in [0.15, 0.2) is 5.69 Å². The van der Waals surface area contributed by atoms with E-state index in [2.05, 4.69) is 24.9 Å². The highest BCUT2D eigenvalue weighted by Crippen LogP contribution is 2.08. The number of hydrogen-bond donors (Lipinski definition) is 0. The van der Waals surface area contributed by atoms with Gasteiger partial charge >= 0.3 is 0 Å². The molecule has 10 nitrogen and oxygen atoms in total. The molecule has 11 heteroatoms. The zero-order valence-corrected chi connectivity index (χ0v) is 14.3. The van der Waals surface area contributed by atoms with Gasteiger partial charge in [0.25, 0.3) is 11.8 Å². The molecule has 0 bridgehead atoms. The van der Waals surface area contributed by atoms with E-state index in [0.717, 1.165) is 11.5 Å². The Morgan fingerprint density at radius 1 is 1.12 bits per heavy atom. The Bertz CT molecular complexity index is 1020. The molecule has 1 aromatic carbocycles. The Hall–Kier alpha value is -3.05. The first kappa shape index (κ1) is 16.4. The fourth-order valence-corrected chi connectivity index (χ4v) is 3.00. The van der Waals surface area contributed by atoms with Crippen molar-refractivity contribution in [1.82, 2.24) is 29.3 Å². The number of amides is 2. The van der Waals surface area contributed by atoms with E-state index >= 15 is 0 Å². The maximum absolute atomic E-state index is 12.6. The minimum Gasteiger partial charge on any atom is -0.378 e. The van der Waals surface area contributed by atoms with E-state index in [0.29, 0.717) is 31.9 Å². The first-order valence-electron chi connectivity index (χ1n) is 7.83. The summed E-state index contributed by atoms with van der Waals surface area (Å²) in [5.74, 6) is -0.734. The van der Waals surface area contributed by atoms with Crippen molar-refractivity contribution in [3.05, 3.63) is 46.4 Å². The van der Waals surface area contributed by atoms with Crippen LogP contribution < -0.4 is 4.80 Å². The summed E-state index contributed by atoms with van der Waals surface area (Å²) in [6.07, 6.45) is 0. The molecule has 0 spiro atoms. The second kappa shape index (κ2) is 7.06. The summed E-state index contributed by atoms with van der Waals surface area (Å²) < 4.78 is 10.4. The van der Waals surface area contributed by atoms with Crippen molar-refractivity contribution in [3.8, 4) is 0 Å². The number of rotatable bonds is 2. The zero-order chi connectivity index (χ0) is 17.9.